The molecule has 1 amide bonds. The monoisotopic (exact) mass is 711 g/mol. The molecule has 0 aromatic carbocycles. The molecule has 290 valence electrons. The van der Waals surface area contributed by atoms with E-state index in [1.54, 1.807) is 0 Å². The number of unbranched alkanes of at least 4 members (excludes halogenated alkanes) is 9. The molecule has 0 bridgehead atoms. The summed E-state index contributed by atoms with van der Waals surface area (Å²) < 4.78 is 11.0. The first kappa shape index (κ1) is 46.1. The van der Waals surface area contributed by atoms with E-state index in [2.05, 4.69) is 61.7 Å². The van der Waals surface area contributed by atoms with Crippen molar-refractivity contribution >= 4 is 5.91 Å². The number of ether oxygens (including phenoxy) is 2. The molecule has 0 spiro atoms. The first-order chi connectivity index (χ1) is 24.2. The van der Waals surface area contributed by atoms with E-state index < -0.39 is 74.2 Å². The van der Waals surface area contributed by atoms with Gasteiger partial charge in [0.25, 0.3) is 0 Å². The van der Waals surface area contributed by atoms with Crippen LogP contribution in [0.4, 0.5) is 0 Å². The molecule has 50 heavy (non-hydrogen) atoms. The molecule has 0 radical (unpaired) electrons. The molecule has 11 heteroatoms. The minimum Gasteiger partial charge on any atom is -0.394 e. The molecule has 1 saturated heterocycles. The maximum absolute atomic E-state index is 12.9. The van der Waals surface area contributed by atoms with Crippen LogP contribution in [-0.2, 0) is 14.3 Å². The zero-order chi connectivity index (χ0) is 37.0. The fourth-order valence-electron chi connectivity index (χ4n) is 5.52. The van der Waals surface area contributed by atoms with Crippen molar-refractivity contribution in [2.45, 2.75) is 178 Å². The summed E-state index contributed by atoms with van der Waals surface area (Å²) in [6, 6.07) is -1.20. The van der Waals surface area contributed by atoms with Crippen LogP contribution in [0, 0.1) is 0 Å². The predicted molar refractivity (Wildman–Crippen MR) is 196 cm³/mol. The van der Waals surface area contributed by atoms with E-state index in [0.29, 0.717) is 19.3 Å². The summed E-state index contributed by atoms with van der Waals surface area (Å²) in [5, 5.41) is 75.0. The van der Waals surface area contributed by atoms with Gasteiger partial charge in [-0.2, -0.15) is 0 Å². The molecule has 11 nitrogen and oxygen atoms in total. The summed E-state index contributed by atoms with van der Waals surface area (Å²) in [6.07, 6.45) is 20.4. The summed E-state index contributed by atoms with van der Waals surface area (Å²) in [5.74, 6) is -0.733. The number of hydrogen-bond acceptors (Lipinski definition) is 10. The Morgan fingerprint density at radius 3 is 1.82 bits per heavy atom. The Labute approximate surface area is 300 Å². The van der Waals surface area contributed by atoms with Crippen LogP contribution in [0.3, 0.4) is 0 Å². The van der Waals surface area contributed by atoms with Crippen LogP contribution in [0.5, 0.6) is 0 Å². The number of aliphatic hydroxyl groups excluding tert-OH is 7. The lowest BCUT2D eigenvalue weighted by atomic mass is 9.98. The molecule has 0 saturated carbocycles. The second-order valence-corrected chi connectivity index (χ2v) is 13.3. The average molecular weight is 712 g/mol. The topological polar surface area (TPSA) is 189 Å². The summed E-state index contributed by atoms with van der Waals surface area (Å²) in [5.41, 5.74) is 0. The third-order valence-corrected chi connectivity index (χ3v) is 8.79. The highest BCUT2D eigenvalue weighted by molar-refractivity contribution is 5.80. The molecule has 1 fully saturated rings. The first-order valence-corrected chi connectivity index (χ1v) is 19.0. The number of hydrogen-bond donors (Lipinski definition) is 8. The molecule has 9 atom stereocenters. The molecule has 1 aliphatic rings. The standard InChI is InChI=1S/C39H69NO10/c1-3-5-7-9-11-13-14-15-16-17-19-20-22-24-26-31(42)34(44)30(29-49-39-37(47)36(46)35(45)33(28-41)50-39)40-38(48)32(43)27-25-23-21-18-12-10-8-6-4-2/h7,9-10,12,14-15,19-20,30-37,39,41-47H,3-6,8,11,13,16-18,21-29H2,1-2H3,(H,40,48)/b9-7+,12-10-,15-14+,20-19+. The molecule has 0 aromatic rings. The zero-order valence-corrected chi connectivity index (χ0v) is 30.6. The van der Waals surface area contributed by atoms with Gasteiger partial charge in [-0.1, -0.05) is 94.6 Å². The highest BCUT2D eigenvalue weighted by Gasteiger charge is 2.44. The highest BCUT2D eigenvalue weighted by Crippen LogP contribution is 2.23. The van der Waals surface area contributed by atoms with Gasteiger partial charge in [0.15, 0.2) is 6.29 Å². The second kappa shape index (κ2) is 29.6. The Morgan fingerprint density at radius 2 is 1.24 bits per heavy atom. The smallest absolute Gasteiger partial charge is 0.249 e. The quantitative estimate of drug-likeness (QED) is 0.0411. The van der Waals surface area contributed by atoms with Crippen molar-refractivity contribution in [2.75, 3.05) is 13.2 Å². The number of carbonyl (C=O) groups is 1. The van der Waals surface area contributed by atoms with Crippen LogP contribution in [0.25, 0.3) is 0 Å². The van der Waals surface area contributed by atoms with Crippen LogP contribution >= 0.6 is 0 Å². The Kier molecular flexibility index (Phi) is 27.3. The lowest BCUT2D eigenvalue weighted by Gasteiger charge is -2.40. The Balaban J connectivity index is 2.63. The van der Waals surface area contributed by atoms with E-state index in [4.69, 9.17) is 9.47 Å². The van der Waals surface area contributed by atoms with E-state index in [1.807, 2.05) is 6.08 Å². The Morgan fingerprint density at radius 1 is 0.680 bits per heavy atom. The molecule has 9 unspecified atom stereocenters. The van der Waals surface area contributed by atoms with Crippen molar-refractivity contribution in [3.63, 3.8) is 0 Å². The minimum atomic E-state index is -1.67. The molecule has 0 aromatic heterocycles. The van der Waals surface area contributed by atoms with Crippen LogP contribution in [0.15, 0.2) is 48.6 Å². The fraction of sp³-hybridized carbons (Fsp3) is 0.769. The van der Waals surface area contributed by atoms with E-state index in [0.717, 1.165) is 64.2 Å². The van der Waals surface area contributed by atoms with Gasteiger partial charge in [-0.05, 0) is 77.0 Å². The highest BCUT2D eigenvalue weighted by atomic mass is 16.7. The van der Waals surface area contributed by atoms with Crippen LogP contribution in [-0.4, -0.2) is 110 Å². The lowest BCUT2D eigenvalue weighted by molar-refractivity contribution is -0.303. The number of nitrogens with one attached hydrogen (secondary N) is 1. The fourth-order valence-corrected chi connectivity index (χ4v) is 5.52. The zero-order valence-electron chi connectivity index (χ0n) is 30.6. The van der Waals surface area contributed by atoms with Crippen molar-refractivity contribution in [1.29, 1.82) is 0 Å². The third kappa shape index (κ3) is 20.2. The van der Waals surface area contributed by atoms with Crippen molar-refractivity contribution in [3.05, 3.63) is 48.6 Å². The average Bonchev–Trinajstić information content (AvgIpc) is 3.11. The number of carbonyl (C=O) groups excluding carboxylic acids is 1. The maximum atomic E-state index is 12.9. The maximum Gasteiger partial charge on any atom is 0.249 e. The Bertz CT molecular complexity index is 955. The van der Waals surface area contributed by atoms with E-state index in [-0.39, 0.29) is 12.8 Å². The van der Waals surface area contributed by atoms with Crippen LogP contribution < -0.4 is 5.32 Å². The molecule has 1 rings (SSSR count). The van der Waals surface area contributed by atoms with Gasteiger partial charge < -0.3 is 50.5 Å². The Hall–Kier alpha value is -1.93. The summed E-state index contributed by atoms with van der Waals surface area (Å²) in [6.45, 7) is 3.23. The second-order valence-electron chi connectivity index (χ2n) is 13.3. The number of allylic oxidation sites excluding steroid dienone is 8. The summed E-state index contributed by atoms with van der Waals surface area (Å²) >= 11 is 0. The molecule has 1 aliphatic heterocycles. The number of rotatable bonds is 29. The van der Waals surface area contributed by atoms with E-state index in [9.17, 15) is 40.5 Å². The number of amides is 1. The minimum absolute atomic E-state index is 0.225. The van der Waals surface area contributed by atoms with Gasteiger partial charge in [0.1, 0.15) is 36.6 Å². The van der Waals surface area contributed by atoms with Gasteiger partial charge in [0.2, 0.25) is 5.91 Å². The molecular weight excluding hydrogens is 642 g/mol. The van der Waals surface area contributed by atoms with Crippen LogP contribution in [0.2, 0.25) is 0 Å². The molecule has 0 aliphatic carbocycles. The van der Waals surface area contributed by atoms with E-state index in [1.165, 1.54) is 12.8 Å². The van der Waals surface area contributed by atoms with Crippen LogP contribution in [0.1, 0.15) is 123 Å². The summed E-state index contributed by atoms with van der Waals surface area (Å²) in [4.78, 5) is 12.9. The molecule has 1 heterocycles. The van der Waals surface area contributed by atoms with Gasteiger partial charge in [-0.3, -0.25) is 4.79 Å². The first-order valence-electron chi connectivity index (χ1n) is 19.0. The van der Waals surface area contributed by atoms with Gasteiger partial charge in [0.05, 0.1) is 25.4 Å². The lowest BCUT2D eigenvalue weighted by Crippen LogP contribution is -2.60. The van der Waals surface area contributed by atoms with Crippen molar-refractivity contribution < 1.29 is 50.0 Å². The van der Waals surface area contributed by atoms with Gasteiger partial charge in [0, 0.05) is 0 Å². The van der Waals surface area contributed by atoms with Crippen molar-refractivity contribution in [2.24, 2.45) is 0 Å². The van der Waals surface area contributed by atoms with Gasteiger partial charge in [-0.25, -0.2) is 0 Å². The predicted octanol–water partition coefficient (Wildman–Crippen LogP) is 4.27. The third-order valence-electron chi connectivity index (χ3n) is 8.79. The summed E-state index contributed by atoms with van der Waals surface area (Å²) in [7, 11) is 0. The molecular formula is C39H69NO10. The molecule has 8 N–H and O–H groups in total. The SMILES string of the molecule is CCC/C=C/CC/C=C/CC/C=C/CCCC(O)C(O)C(COC1OC(CO)C(O)C(O)C1O)NC(=O)C(O)CCCCC/C=C\CCCC. The van der Waals surface area contributed by atoms with E-state index >= 15 is 0 Å². The van der Waals surface area contributed by atoms with Gasteiger partial charge in [-0.15, -0.1) is 0 Å². The van der Waals surface area contributed by atoms with Crippen molar-refractivity contribution in [1.82, 2.24) is 5.32 Å². The van der Waals surface area contributed by atoms with Gasteiger partial charge >= 0.3 is 0 Å². The van der Waals surface area contributed by atoms with Crippen molar-refractivity contribution in [3.8, 4) is 0 Å². The largest absolute Gasteiger partial charge is 0.394 e. The normalized spacial score (nSPS) is 24.1. The number of aliphatic hydroxyl groups is 7.